The molecule has 1 heterocycles. The van der Waals surface area contributed by atoms with E-state index in [9.17, 15) is 9.59 Å². The largest absolute Gasteiger partial charge is 0.478 e. The van der Waals surface area contributed by atoms with E-state index in [2.05, 4.69) is 5.32 Å². The second kappa shape index (κ2) is 5.50. The van der Waals surface area contributed by atoms with Crippen molar-refractivity contribution in [2.45, 2.75) is 24.8 Å². The summed E-state index contributed by atoms with van der Waals surface area (Å²) in [6.45, 7) is 0. The Morgan fingerprint density at radius 2 is 1.91 bits per heavy atom. The zero-order valence-electron chi connectivity index (χ0n) is 11.6. The first-order valence-electron chi connectivity index (χ1n) is 6.91. The fourth-order valence-electron chi connectivity index (χ4n) is 2.63. The van der Waals surface area contributed by atoms with Crippen LogP contribution in [0.3, 0.4) is 0 Å². The first kappa shape index (κ1) is 14.7. The van der Waals surface area contributed by atoms with Crippen molar-refractivity contribution in [2.24, 2.45) is 0 Å². The lowest BCUT2D eigenvalue weighted by atomic mass is 9.71. The van der Waals surface area contributed by atoms with E-state index in [4.69, 9.17) is 21.1 Å². The molecular weight excluding hydrogens is 306 g/mol. The number of rotatable bonds is 4. The Labute approximate surface area is 131 Å². The van der Waals surface area contributed by atoms with Crippen molar-refractivity contribution in [3.05, 3.63) is 58.5 Å². The minimum Gasteiger partial charge on any atom is -0.478 e. The van der Waals surface area contributed by atoms with E-state index < -0.39 is 17.4 Å². The number of carbonyl (C=O) groups excluding carboxylic acids is 1. The molecule has 1 saturated carbocycles. The number of hydrogen-bond donors (Lipinski definition) is 2. The van der Waals surface area contributed by atoms with Crippen LogP contribution < -0.4 is 5.32 Å². The van der Waals surface area contributed by atoms with Gasteiger partial charge in [-0.2, -0.15) is 0 Å². The lowest BCUT2D eigenvalue weighted by Crippen LogP contribution is -2.50. The van der Waals surface area contributed by atoms with Gasteiger partial charge in [-0.05, 0) is 37.0 Å². The molecule has 5 nitrogen and oxygen atoms in total. The molecule has 6 heteroatoms. The van der Waals surface area contributed by atoms with Gasteiger partial charge in [-0.15, -0.1) is 0 Å². The molecule has 0 bridgehead atoms. The Morgan fingerprint density at radius 1 is 1.23 bits per heavy atom. The lowest BCUT2D eigenvalue weighted by molar-refractivity contribution is 0.0695. The third-order valence-electron chi connectivity index (χ3n) is 4.03. The molecule has 1 aliphatic rings. The van der Waals surface area contributed by atoms with Crippen molar-refractivity contribution in [3.63, 3.8) is 0 Å². The predicted molar refractivity (Wildman–Crippen MR) is 80.1 cm³/mol. The number of carboxylic acid groups (broad SMARTS) is 1. The van der Waals surface area contributed by atoms with Crippen LogP contribution in [0.1, 0.15) is 45.7 Å². The van der Waals surface area contributed by atoms with Crippen molar-refractivity contribution in [3.8, 4) is 0 Å². The number of carboxylic acids is 1. The predicted octanol–water partition coefficient (Wildman–Crippen LogP) is 3.44. The number of aromatic carboxylic acids is 1. The van der Waals surface area contributed by atoms with Crippen molar-refractivity contribution < 1.29 is 19.1 Å². The maximum Gasteiger partial charge on any atom is 0.338 e. The Balaban J connectivity index is 1.81. The second-order valence-corrected chi connectivity index (χ2v) is 5.84. The summed E-state index contributed by atoms with van der Waals surface area (Å²) in [6.07, 6.45) is 3.73. The quantitative estimate of drug-likeness (QED) is 0.904. The monoisotopic (exact) mass is 319 g/mol. The van der Waals surface area contributed by atoms with E-state index in [1.54, 1.807) is 12.1 Å². The summed E-state index contributed by atoms with van der Waals surface area (Å²) >= 11 is 5.90. The molecule has 0 saturated heterocycles. The molecule has 2 N–H and O–H groups in total. The minimum atomic E-state index is -1.13. The molecule has 1 aliphatic carbocycles. The molecule has 0 unspecified atom stereocenters. The standard InChI is InChI=1S/C16H14ClNO4/c17-12-4-2-11(3-5-12)16(6-1-7-16)18-14(19)13-8-10(9-22-13)15(20)21/h2-5,8-9H,1,6-7H2,(H,18,19)(H,20,21). The lowest BCUT2D eigenvalue weighted by Gasteiger charge is -2.43. The molecule has 114 valence electrons. The SMILES string of the molecule is O=C(O)c1coc(C(=O)NC2(c3ccc(Cl)cc3)CCC2)c1. The summed E-state index contributed by atoms with van der Waals surface area (Å²) in [5.41, 5.74) is 0.513. The van der Waals surface area contributed by atoms with Crippen molar-refractivity contribution in [1.29, 1.82) is 0 Å². The van der Waals surface area contributed by atoms with E-state index in [0.717, 1.165) is 31.1 Å². The minimum absolute atomic E-state index is 0.00219. The van der Waals surface area contributed by atoms with Crippen LogP contribution in [0.15, 0.2) is 41.0 Å². The molecule has 1 fully saturated rings. The number of benzene rings is 1. The highest BCUT2D eigenvalue weighted by Gasteiger charge is 2.40. The number of amides is 1. The van der Waals surface area contributed by atoms with Crippen LogP contribution in [-0.2, 0) is 5.54 Å². The summed E-state index contributed by atoms with van der Waals surface area (Å²) in [6, 6.07) is 8.60. The molecule has 0 atom stereocenters. The summed E-state index contributed by atoms with van der Waals surface area (Å²) in [4.78, 5) is 23.1. The van der Waals surface area contributed by atoms with Crippen LogP contribution in [0.25, 0.3) is 0 Å². The Hall–Kier alpha value is -2.27. The molecular formula is C16H14ClNO4. The average molecular weight is 320 g/mol. The number of hydrogen-bond acceptors (Lipinski definition) is 3. The van der Waals surface area contributed by atoms with Crippen molar-refractivity contribution in [2.75, 3.05) is 0 Å². The molecule has 1 amide bonds. The van der Waals surface area contributed by atoms with Gasteiger partial charge in [-0.1, -0.05) is 23.7 Å². The number of halogens is 1. The number of nitrogens with one attached hydrogen (secondary N) is 1. The van der Waals surface area contributed by atoms with Gasteiger partial charge in [0.15, 0.2) is 5.76 Å². The first-order chi connectivity index (χ1) is 10.5. The van der Waals surface area contributed by atoms with Gasteiger partial charge in [0, 0.05) is 11.1 Å². The molecule has 2 aromatic rings. The van der Waals surface area contributed by atoms with Crippen LogP contribution in [0.2, 0.25) is 5.02 Å². The maximum atomic E-state index is 12.3. The van der Waals surface area contributed by atoms with Crippen LogP contribution in [0, 0.1) is 0 Å². The van der Waals surface area contributed by atoms with E-state index in [-0.39, 0.29) is 11.3 Å². The van der Waals surface area contributed by atoms with Gasteiger partial charge in [-0.25, -0.2) is 4.79 Å². The molecule has 0 radical (unpaired) electrons. The van der Waals surface area contributed by atoms with Crippen LogP contribution in [0.5, 0.6) is 0 Å². The summed E-state index contributed by atoms with van der Waals surface area (Å²) in [5, 5.41) is 12.5. The van der Waals surface area contributed by atoms with Gasteiger partial charge in [0.05, 0.1) is 11.1 Å². The Kier molecular flexibility index (Phi) is 3.66. The highest BCUT2D eigenvalue weighted by Crippen LogP contribution is 2.41. The summed E-state index contributed by atoms with van der Waals surface area (Å²) < 4.78 is 5.04. The van der Waals surface area contributed by atoms with Crippen LogP contribution >= 0.6 is 11.6 Å². The second-order valence-electron chi connectivity index (χ2n) is 5.40. The Morgan fingerprint density at radius 3 is 2.41 bits per heavy atom. The van der Waals surface area contributed by atoms with Gasteiger partial charge in [0.2, 0.25) is 0 Å². The number of carbonyl (C=O) groups is 2. The fourth-order valence-corrected chi connectivity index (χ4v) is 2.76. The average Bonchev–Trinajstić information content (AvgIpc) is 2.94. The van der Waals surface area contributed by atoms with Crippen molar-refractivity contribution >= 4 is 23.5 Å². The van der Waals surface area contributed by atoms with Crippen LogP contribution in [-0.4, -0.2) is 17.0 Å². The zero-order valence-corrected chi connectivity index (χ0v) is 12.4. The zero-order chi connectivity index (χ0) is 15.7. The molecule has 22 heavy (non-hydrogen) atoms. The van der Waals surface area contributed by atoms with E-state index in [0.29, 0.717) is 5.02 Å². The number of furan rings is 1. The van der Waals surface area contributed by atoms with E-state index in [1.165, 1.54) is 6.07 Å². The van der Waals surface area contributed by atoms with E-state index in [1.807, 2.05) is 12.1 Å². The maximum absolute atomic E-state index is 12.3. The summed E-state index contributed by atoms with van der Waals surface area (Å²) in [7, 11) is 0. The Bertz CT molecular complexity index is 716. The highest BCUT2D eigenvalue weighted by atomic mass is 35.5. The summed E-state index contributed by atoms with van der Waals surface area (Å²) in [5.74, 6) is -1.54. The topological polar surface area (TPSA) is 79.5 Å². The molecule has 1 aromatic carbocycles. The van der Waals surface area contributed by atoms with Gasteiger partial charge < -0.3 is 14.8 Å². The van der Waals surface area contributed by atoms with E-state index >= 15 is 0 Å². The van der Waals surface area contributed by atoms with Gasteiger partial charge >= 0.3 is 5.97 Å². The molecule has 0 spiro atoms. The fraction of sp³-hybridized carbons (Fsp3) is 0.250. The smallest absolute Gasteiger partial charge is 0.338 e. The molecule has 0 aliphatic heterocycles. The van der Waals surface area contributed by atoms with Crippen molar-refractivity contribution in [1.82, 2.24) is 5.32 Å². The van der Waals surface area contributed by atoms with Crippen LogP contribution in [0.4, 0.5) is 0 Å². The van der Waals surface area contributed by atoms with Gasteiger partial charge in [0.25, 0.3) is 5.91 Å². The molecule has 1 aromatic heterocycles. The third-order valence-corrected chi connectivity index (χ3v) is 4.28. The first-order valence-corrected chi connectivity index (χ1v) is 7.28. The van der Waals surface area contributed by atoms with Gasteiger partial charge in [-0.3, -0.25) is 4.79 Å². The van der Waals surface area contributed by atoms with Gasteiger partial charge in [0.1, 0.15) is 6.26 Å². The highest BCUT2D eigenvalue weighted by molar-refractivity contribution is 6.30. The molecule has 3 rings (SSSR count). The third kappa shape index (κ3) is 2.60. The normalized spacial score (nSPS) is 15.9.